The van der Waals surface area contributed by atoms with Gasteiger partial charge in [-0.05, 0) is 12.8 Å². The van der Waals surface area contributed by atoms with Crippen LogP contribution < -0.4 is 0 Å². The molecule has 1 heterocycles. The van der Waals surface area contributed by atoms with Crippen molar-refractivity contribution in [3.05, 3.63) is 25.3 Å². The van der Waals surface area contributed by atoms with Crippen molar-refractivity contribution < 1.29 is 14.9 Å². The summed E-state index contributed by atoms with van der Waals surface area (Å²) >= 11 is 0. The summed E-state index contributed by atoms with van der Waals surface area (Å²) in [5, 5.41) is 19.3. The van der Waals surface area contributed by atoms with Gasteiger partial charge in [-0.3, -0.25) is 0 Å². The first-order valence-corrected chi connectivity index (χ1v) is 4.42. The summed E-state index contributed by atoms with van der Waals surface area (Å²) in [5.74, 6) is 0. The zero-order chi connectivity index (χ0) is 9.90. The number of hydrogen-bond donors (Lipinski definition) is 2. The fourth-order valence-corrected chi connectivity index (χ4v) is 1.72. The Labute approximate surface area is 78.3 Å². The summed E-state index contributed by atoms with van der Waals surface area (Å²) in [6.07, 6.45) is 2.56. The Bertz CT molecular complexity index is 178. The molecule has 0 saturated carbocycles. The molecule has 13 heavy (non-hydrogen) atoms. The van der Waals surface area contributed by atoms with Crippen molar-refractivity contribution >= 4 is 0 Å². The number of hydrogen-bond acceptors (Lipinski definition) is 3. The molecule has 0 aromatic carbocycles. The van der Waals surface area contributed by atoms with Gasteiger partial charge in [0.1, 0.15) is 17.8 Å². The Morgan fingerprint density at radius 1 is 1.23 bits per heavy atom. The molecule has 2 N–H and O–H groups in total. The molecule has 3 nitrogen and oxygen atoms in total. The molecule has 0 bridgehead atoms. The smallest absolute Gasteiger partial charge is 0.127 e. The number of rotatable bonds is 4. The van der Waals surface area contributed by atoms with Gasteiger partial charge in [0.2, 0.25) is 0 Å². The van der Waals surface area contributed by atoms with E-state index in [1.54, 1.807) is 0 Å². The Hall–Kier alpha value is -0.640. The molecule has 1 aliphatic heterocycles. The van der Waals surface area contributed by atoms with E-state index in [9.17, 15) is 10.2 Å². The summed E-state index contributed by atoms with van der Waals surface area (Å²) in [6, 6.07) is 0. The first-order valence-electron chi connectivity index (χ1n) is 4.42. The van der Waals surface area contributed by atoms with E-state index in [-0.39, 0.29) is 0 Å². The number of aliphatic hydroxyl groups excluding tert-OH is 2. The summed E-state index contributed by atoms with van der Waals surface area (Å²) < 4.78 is 5.40. The van der Waals surface area contributed by atoms with E-state index in [0.717, 1.165) is 6.42 Å². The largest absolute Gasteiger partial charge is 0.386 e. The van der Waals surface area contributed by atoms with E-state index in [2.05, 4.69) is 13.2 Å². The van der Waals surface area contributed by atoms with Gasteiger partial charge in [-0.15, -0.1) is 13.2 Å². The van der Waals surface area contributed by atoms with Gasteiger partial charge in [0.15, 0.2) is 0 Å². The molecule has 3 heteroatoms. The van der Waals surface area contributed by atoms with E-state index in [4.69, 9.17) is 4.74 Å². The molecule has 2 atom stereocenters. The molecule has 0 aromatic rings. The average Bonchev–Trinajstić information content (AvgIpc) is 2.65. The highest BCUT2D eigenvalue weighted by atomic mass is 16.5. The lowest BCUT2D eigenvalue weighted by Crippen LogP contribution is -2.50. The average molecular weight is 184 g/mol. The standard InChI is InChI=1S/C10H16O3/c1-3-8(11)10(9(12)4-2)6-5-7-13-10/h3-4,8-9,11-12H,1-2,5-7H2. The Morgan fingerprint density at radius 2 is 1.77 bits per heavy atom. The van der Waals surface area contributed by atoms with E-state index in [1.807, 2.05) is 0 Å². The van der Waals surface area contributed by atoms with Crippen LogP contribution in [0.4, 0.5) is 0 Å². The predicted octanol–water partition coefficient (Wildman–Crippen LogP) is 0.629. The van der Waals surface area contributed by atoms with E-state index in [1.165, 1.54) is 12.2 Å². The lowest BCUT2D eigenvalue weighted by atomic mass is 9.87. The van der Waals surface area contributed by atoms with Gasteiger partial charge >= 0.3 is 0 Å². The molecule has 0 amide bonds. The van der Waals surface area contributed by atoms with Gasteiger partial charge in [0.05, 0.1) is 0 Å². The molecule has 74 valence electrons. The zero-order valence-electron chi connectivity index (χ0n) is 7.65. The molecular weight excluding hydrogens is 168 g/mol. The molecule has 0 radical (unpaired) electrons. The molecular formula is C10H16O3. The molecule has 1 aliphatic rings. The Kier molecular flexibility index (Phi) is 3.25. The normalized spacial score (nSPS) is 32.5. The second-order valence-corrected chi connectivity index (χ2v) is 3.27. The Morgan fingerprint density at radius 3 is 2.08 bits per heavy atom. The van der Waals surface area contributed by atoms with Crippen molar-refractivity contribution in [2.24, 2.45) is 0 Å². The predicted molar refractivity (Wildman–Crippen MR) is 50.3 cm³/mol. The quantitative estimate of drug-likeness (QED) is 0.630. The van der Waals surface area contributed by atoms with Crippen LogP contribution >= 0.6 is 0 Å². The van der Waals surface area contributed by atoms with Gasteiger partial charge in [0, 0.05) is 6.61 Å². The SMILES string of the molecule is C=CC(O)C1(C(O)C=C)CCCO1. The van der Waals surface area contributed by atoms with Crippen molar-refractivity contribution in [2.45, 2.75) is 30.7 Å². The summed E-state index contributed by atoms with van der Waals surface area (Å²) in [5.41, 5.74) is -0.913. The highest BCUT2D eigenvalue weighted by Crippen LogP contribution is 2.33. The van der Waals surface area contributed by atoms with Crippen LogP contribution in [0.5, 0.6) is 0 Å². The van der Waals surface area contributed by atoms with Crippen LogP contribution in [-0.2, 0) is 4.74 Å². The molecule has 1 rings (SSSR count). The van der Waals surface area contributed by atoms with Gasteiger partial charge in [0.25, 0.3) is 0 Å². The molecule has 0 aromatic heterocycles. The van der Waals surface area contributed by atoms with Crippen LogP contribution in [0.25, 0.3) is 0 Å². The zero-order valence-corrected chi connectivity index (χ0v) is 7.65. The third-order valence-electron chi connectivity index (χ3n) is 2.53. The van der Waals surface area contributed by atoms with Crippen molar-refractivity contribution in [2.75, 3.05) is 6.61 Å². The maximum atomic E-state index is 9.66. The summed E-state index contributed by atoms with van der Waals surface area (Å²) in [6.45, 7) is 7.55. The fraction of sp³-hybridized carbons (Fsp3) is 0.600. The summed E-state index contributed by atoms with van der Waals surface area (Å²) in [4.78, 5) is 0. The lowest BCUT2D eigenvalue weighted by molar-refractivity contribution is -0.125. The van der Waals surface area contributed by atoms with E-state index >= 15 is 0 Å². The number of ether oxygens (including phenoxy) is 1. The first-order chi connectivity index (χ1) is 6.17. The van der Waals surface area contributed by atoms with Crippen molar-refractivity contribution in [1.82, 2.24) is 0 Å². The third kappa shape index (κ3) is 1.68. The summed E-state index contributed by atoms with van der Waals surface area (Å²) in [7, 11) is 0. The highest BCUT2D eigenvalue weighted by Gasteiger charge is 2.45. The van der Waals surface area contributed by atoms with Gasteiger partial charge in [-0.2, -0.15) is 0 Å². The van der Waals surface area contributed by atoms with Gasteiger partial charge < -0.3 is 14.9 Å². The second-order valence-electron chi connectivity index (χ2n) is 3.27. The van der Waals surface area contributed by atoms with Crippen LogP contribution in [0.1, 0.15) is 12.8 Å². The highest BCUT2D eigenvalue weighted by molar-refractivity contribution is 5.09. The minimum atomic E-state index is -0.913. The van der Waals surface area contributed by atoms with Crippen LogP contribution in [-0.4, -0.2) is 34.6 Å². The van der Waals surface area contributed by atoms with E-state index < -0.39 is 17.8 Å². The number of aliphatic hydroxyl groups is 2. The van der Waals surface area contributed by atoms with Crippen LogP contribution in [0.2, 0.25) is 0 Å². The lowest BCUT2D eigenvalue weighted by Gasteiger charge is -2.34. The Balaban J connectivity index is 2.85. The van der Waals surface area contributed by atoms with Gasteiger partial charge in [-0.1, -0.05) is 12.2 Å². The van der Waals surface area contributed by atoms with Crippen LogP contribution in [0.15, 0.2) is 25.3 Å². The van der Waals surface area contributed by atoms with Gasteiger partial charge in [-0.25, -0.2) is 0 Å². The van der Waals surface area contributed by atoms with Crippen molar-refractivity contribution in [1.29, 1.82) is 0 Å². The van der Waals surface area contributed by atoms with E-state index in [0.29, 0.717) is 13.0 Å². The minimum absolute atomic E-state index is 0.565. The fourth-order valence-electron chi connectivity index (χ4n) is 1.72. The molecule has 0 spiro atoms. The van der Waals surface area contributed by atoms with Crippen molar-refractivity contribution in [3.8, 4) is 0 Å². The first kappa shape index (κ1) is 10.4. The monoisotopic (exact) mass is 184 g/mol. The molecule has 1 saturated heterocycles. The maximum Gasteiger partial charge on any atom is 0.127 e. The molecule has 1 fully saturated rings. The minimum Gasteiger partial charge on any atom is -0.386 e. The molecule has 0 aliphatic carbocycles. The van der Waals surface area contributed by atoms with Crippen LogP contribution in [0, 0.1) is 0 Å². The van der Waals surface area contributed by atoms with Crippen LogP contribution in [0.3, 0.4) is 0 Å². The third-order valence-corrected chi connectivity index (χ3v) is 2.53. The second kappa shape index (κ2) is 4.05. The van der Waals surface area contributed by atoms with Crippen molar-refractivity contribution in [3.63, 3.8) is 0 Å². The topological polar surface area (TPSA) is 49.7 Å². The molecule has 2 unspecified atom stereocenters. The maximum absolute atomic E-state index is 9.66.